The first kappa shape index (κ1) is 21.8. The smallest absolute Gasteiger partial charge is 0.256 e. The van der Waals surface area contributed by atoms with Gasteiger partial charge in [0, 0.05) is 25.6 Å². The Kier molecular flexibility index (Phi) is 7.08. The van der Waals surface area contributed by atoms with Gasteiger partial charge in [0.05, 0.1) is 18.6 Å². The summed E-state index contributed by atoms with van der Waals surface area (Å²) in [5.41, 5.74) is 0.996. The van der Waals surface area contributed by atoms with Crippen LogP contribution in [0, 0.1) is 17.7 Å². The number of ether oxygens (including phenoxy) is 1. The average Bonchev–Trinajstić information content (AvgIpc) is 3.19. The second kappa shape index (κ2) is 9.74. The molecular formula is C24H29FN2O3. The normalized spacial score (nSPS) is 18.5. The number of hydrogen-bond acceptors (Lipinski definition) is 3. The summed E-state index contributed by atoms with van der Waals surface area (Å²) in [7, 11) is 1.60. The molecule has 1 saturated heterocycles. The average molecular weight is 413 g/mol. The fraction of sp³-hybridized carbons (Fsp3) is 0.417. The lowest BCUT2D eigenvalue weighted by atomic mass is 9.88. The Morgan fingerprint density at radius 1 is 1.13 bits per heavy atom. The van der Waals surface area contributed by atoms with Crippen molar-refractivity contribution >= 4 is 11.8 Å². The van der Waals surface area contributed by atoms with Crippen molar-refractivity contribution in [1.82, 2.24) is 10.2 Å². The molecule has 2 atom stereocenters. The van der Waals surface area contributed by atoms with Crippen LogP contribution >= 0.6 is 0 Å². The lowest BCUT2D eigenvalue weighted by molar-refractivity contribution is -0.124. The van der Waals surface area contributed by atoms with Crippen molar-refractivity contribution < 1.29 is 18.7 Å². The molecule has 1 fully saturated rings. The van der Waals surface area contributed by atoms with Crippen LogP contribution in [-0.4, -0.2) is 43.5 Å². The molecule has 1 aliphatic rings. The van der Waals surface area contributed by atoms with Crippen LogP contribution in [0.3, 0.4) is 0 Å². The first-order chi connectivity index (χ1) is 14.4. The third kappa shape index (κ3) is 4.99. The van der Waals surface area contributed by atoms with Gasteiger partial charge in [0.2, 0.25) is 5.91 Å². The molecule has 160 valence electrons. The number of halogens is 1. The molecule has 0 bridgehead atoms. The molecule has 2 amide bonds. The van der Waals surface area contributed by atoms with Crippen LogP contribution in [0.2, 0.25) is 0 Å². The number of carbonyl (C=O) groups excluding carboxylic acids is 2. The van der Waals surface area contributed by atoms with Gasteiger partial charge in [0.15, 0.2) is 0 Å². The molecule has 2 unspecified atom stereocenters. The molecule has 0 aromatic heterocycles. The minimum Gasteiger partial charge on any atom is -0.497 e. The van der Waals surface area contributed by atoms with Gasteiger partial charge in [-0.1, -0.05) is 38.1 Å². The number of carbonyl (C=O) groups is 2. The number of amides is 2. The summed E-state index contributed by atoms with van der Waals surface area (Å²) in [4.78, 5) is 27.5. The summed E-state index contributed by atoms with van der Waals surface area (Å²) in [6.45, 7) is 5.44. The second-order valence-corrected chi connectivity index (χ2v) is 8.15. The van der Waals surface area contributed by atoms with Gasteiger partial charge in [-0.15, -0.1) is 0 Å². The van der Waals surface area contributed by atoms with Crippen molar-refractivity contribution in [2.24, 2.45) is 11.8 Å². The number of rotatable bonds is 7. The van der Waals surface area contributed by atoms with Crippen LogP contribution in [0.1, 0.15) is 42.1 Å². The van der Waals surface area contributed by atoms with E-state index in [1.54, 1.807) is 24.1 Å². The third-order valence-corrected chi connectivity index (χ3v) is 5.61. The minimum absolute atomic E-state index is 0.0341. The van der Waals surface area contributed by atoms with Crippen molar-refractivity contribution in [3.05, 3.63) is 65.5 Å². The highest BCUT2D eigenvalue weighted by Crippen LogP contribution is 2.34. The molecule has 0 saturated carbocycles. The van der Waals surface area contributed by atoms with E-state index in [4.69, 9.17) is 4.74 Å². The van der Waals surface area contributed by atoms with Gasteiger partial charge in [0.25, 0.3) is 5.91 Å². The van der Waals surface area contributed by atoms with E-state index in [1.165, 1.54) is 12.1 Å². The van der Waals surface area contributed by atoms with Crippen LogP contribution in [0.5, 0.6) is 5.75 Å². The predicted octanol–water partition coefficient (Wildman–Crippen LogP) is 3.85. The maximum Gasteiger partial charge on any atom is 0.256 e. The number of nitrogens with zero attached hydrogens (tertiary/aromatic N) is 1. The van der Waals surface area contributed by atoms with Gasteiger partial charge < -0.3 is 15.0 Å². The quantitative estimate of drug-likeness (QED) is 0.752. The van der Waals surface area contributed by atoms with Crippen molar-refractivity contribution in [2.75, 3.05) is 26.7 Å². The molecule has 0 aliphatic carbocycles. The van der Waals surface area contributed by atoms with E-state index in [0.717, 1.165) is 17.7 Å². The van der Waals surface area contributed by atoms with Crippen molar-refractivity contribution in [3.8, 4) is 5.75 Å². The molecule has 6 heteroatoms. The number of likely N-dealkylation sites (tertiary alicyclic amines) is 1. The number of benzene rings is 2. The van der Waals surface area contributed by atoms with Gasteiger partial charge in [0.1, 0.15) is 11.6 Å². The van der Waals surface area contributed by atoms with E-state index in [9.17, 15) is 14.0 Å². The summed E-state index contributed by atoms with van der Waals surface area (Å²) in [6, 6.07) is 13.5. The van der Waals surface area contributed by atoms with Crippen LogP contribution in [0.15, 0.2) is 48.5 Å². The van der Waals surface area contributed by atoms with Crippen molar-refractivity contribution in [3.63, 3.8) is 0 Å². The Labute approximate surface area is 177 Å². The fourth-order valence-corrected chi connectivity index (χ4v) is 3.84. The molecule has 0 spiro atoms. The van der Waals surface area contributed by atoms with Crippen LogP contribution in [0.25, 0.3) is 0 Å². The van der Waals surface area contributed by atoms with E-state index >= 15 is 0 Å². The standard InChI is InChI=1S/C24H29FN2O3/c1-16(2)12-13-26-23(28)21-15-27(24(29)19-6-4-5-7-22(19)25)14-20(21)17-8-10-18(30-3)11-9-17/h4-11,16,20-21H,12-15H2,1-3H3,(H,26,28). The van der Waals surface area contributed by atoms with E-state index in [-0.39, 0.29) is 35.8 Å². The summed E-state index contributed by atoms with van der Waals surface area (Å²) in [6.07, 6.45) is 0.892. The molecular weight excluding hydrogens is 383 g/mol. The Hall–Kier alpha value is -2.89. The maximum absolute atomic E-state index is 14.2. The Bertz CT molecular complexity index is 882. The van der Waals surface area contributed by atoms with Crippen LogP contribution in [-0.2, 0) is 4.79 Å². The van der Waals surface area contributed by atoms with Gasteiger partial charge >= 0.3 is 0 Å². The van der Waals surface area contributed by atoms with Crippen LogP contribution < -0.4 is 10.1 Å². The van der Waals surface area contributed by atoms with Gasteiger partial charge in [-0.25, -0.2) is 4.39 Å². The van der Waals surface area contributed by atoms with E-state index in [2.05, 4.69) is 19.2 Å². The molecule has 1 heterocycles. The zero-order valence-corrected chi connectivity index (χ0v) is 17.7. The first-order valence-electron chi connectivity index (χ1n) is 10.4. The highest BCUT2D eigenvalue weighted by Gasteiger charge is 2.40. The minimum atomic E-state index is -0.548. The second-order valence-electron chi connectivity index (χ2n) is 8.15. The molecule has 5 nitrogen and oxygen atoms in total. The van der Waals surface area contributed by atoms with E-state index in [1.807, 2.05) is 24.3 Å². The van der Waals surface area contributed by atoms with Gasteiger partial charge in [-0.05, 0) is 42.2 Å². The number of hydrogen-bond donors (Lipinski definition) is 1. The lowest BCUT2D eigenvalue weighted by Crippen LogP contribution is -2.36. The predicted molar refractivity (Wildman–Crippen MR) is 114 cm³/mol. The lowest BCUT2D eigenvalue weighted by Gasteiger charge is -2.18. The van der Waals surface area contributed by atoms with E-state index < -0.39 is 5.82 Å². The monoisotopic (exact) mass is 412 g/mol. The Morgan fingerprint density at radius 3 is 2.47 bits per heavy atom. The molecule has 0 radical (unpaired) electrons. The SMILES string of the molecule is COc1ccc(C2CN(C(=O)c3ccccc3F)CC2C(=O)NCCC(C)C)cc1. The highest BCUT2D eigenvalue weighted by molar-refractivity contribution is 5.95. The largest absolute Gasteiger partial charge is 0.497 e. The third-order valence-electron chi connectivity index (χ3n) is 5.61. The zero-order chi connectivity index (χ0) is 21.7. The summed E-state index contributed by atoms with van der Waals surface area (Å²) in [5, 5.41) is 3.01. The Morgan fingerprint density at radius 2 is 1.83 bits per heavy atom. The van der Waals surface area contributed by atoms with Gasteiger partial charge in [-0.3, -0.25) is 9.59 Å². The van der Waals surface area contributed by atoms with Crippen molar-refractivity contribution in [1.29, 1.82) is 0 Å². The summed E-state index contributed by atoms with van der Waals surface area (Å²) < 4.78 is 19.4. The van der Waals surface area contributed by atoms with Crippen LogP contribution in [0.4, 0.5) is 4.39 Å². The zero-order valence-electron chi connectivity index (χ0n) is 17.7. The van der Waals surface area contributed by atoms with Gasteiger partial charge in [-0.2, -0.15) is 0 Å². The Balaban J connectivity index is 1.82. The summed E-state index contributed by atoms with van der Waals surface area (Å²) in [5.74, 6) is -0.330. The maximum atomic E-state index is 14.2. The highest BCUT2D eigenvalue weighted by atomic mass is 19.1. The summed E-state index contributed by atoms with van der Waals surface area (Å²) >= 11 is 0. The molecule has 3 rings (SSSR count). The topological polar surface area (TPSA) is 58.6 Å². The number of methoxy groups -OCH3 is 1. The molecule has 1 N–H and O–H groups in total. The fourth-order valence-electron chi connectivity index (χ4n) is 3.84. The molecule has 2 aromatic carbocycles. The molecule has 1 aliphatic heterocycles. The number of nitrogens with one attached hydrogen (secondary N) is 1. The molecule has 30 heavy (non-hydrogen) atoms. The first-order valence-corrected chi connectivity index (χ1v) is 10.4. The molecule has 2 aromatic rings. The van der Waals surface area contributed by atoms with E-state index in [0.29, 0.717) is 19.0 Å². The van der Waals surface area contributed by atoms with Crippen molar-refractivity contribution in [2.45, 2.75) is 26.2 Å².